The second kappa shape index (κ2) is 6.98. The van der Waals surface area contributed by atoms with Crippen LogP contribution in [0.2, 0.25) is 0 Å². The molecule has 3 aromatic rings. The first kappa shape index (κ1) is 16.4. The van der Waals surface area contributed by atoms with Crippen molar-refractivity contribution in [3.05, 3.63) is 101 Å². The SMILES string of the molecule is COC(Cc1ccccc1C)(c1ccccc1)c1cccc[n+]1C. The average Bonchev–Trinajstić information content (AvgIpc) is 2.63. The van der Waals surface area contributed by atoms with Gasteiger partial charge in [0.05, 0.1) is 0 Å². The van der Waals surface area contributed by atoms with Crippen molar-refractivity contribution in [1.29, 1.82) is 0 Å². The molecule has 3 rings (SSSR count). The summed E-state index contributed by atoms with van der Waals surface area (Å²) in [6.07, 6.45) is 2.86. The summed E-state index contributed by atoms with van der Waals surface area (Å²) in [5.74, 6) is 0. The molecular weight excluding hydrogens is 294 g/mol. The molecule has 1 aromatic heterocycles. The molecular formula is C22H24NO+. The molecule has 24 heavy (non-hydrogen) atoms. The van der Waals surface area contributed by atoms with Crippen LogP contribution in [-0.4, -0.2) is 7.11 Å². The van der Waals surface area contributed by atoms with Crippen molar-refractivity contribution in [3.63, 3.8) is 0 Å². The van der Waals surface area contributed by atoms with Gasteiger partial charge >= 0.3 is 0 Å². The zero-order valence-electron chi connectivity index (χ0n) is 14.6. The monoisotopic (exact) mass is 318 g/mol. The number of methoxy groups -OCH3 is 1. The predicted molar refractivity (Wildman–Crippen MR) is 96.7 cm³/mol. The van der Waals surface area contributed by atoms with Crippen molar-refractivity contribution in [3.8, 4) is 0 Å². The van der Waals surface area contributed by atoms with E-state index >= 15 is 0 Å². The Labute approximate surface area is 144 Å². The second-order valence-corrected chi connectivity index (χ2v) is 6.20. The summed E-state index contributed by atoms with van der Waals surface area (Å²) in [7, 11) is 3.88. The third-order valence-corrected chi connectivity index (χ3v) is 4.76. The van der Waals surface area contributed by atoms with Crippen LogP contribution in [0.3, 0.4) is 0 Å². The van der Waals surface area contributed by atoms with Gasteiger partial charge in [-0.3, -0.25) is 0 Å². The molecule has 0 aliphatic carbocycles. The van der Waals surface area contributed by atoms with Crippen LogP contribution in [0.4, 0.5) is 0 Å². The highest BCUT2D eigenvalue weighted by atomic mass is 16.5. The van der Waals surface area contributed by atoms with Crippen molar-refractivity contribution in [2.45, 2.75) is 18.9 Å². The van der Waals surface area contributed by atoms with Gasteiger partial charge in [-0.1, -0.05) is 54.6 Å². The van der Waals surface area contributed by atoms with Gasteiger partial charge in [0.1, 0.15) is 7.05 Å². The zero-order chi connectivity index (χ0) is 17.0. The van der Waals surface area contributed by atoms with Crippen LogP contribution < -0.4 is 4.57 Å². The lowest BCUT2D eigenvalue weighted by Crippen LogP contribution is -2.46. The maximum atomic E-state index is 6.23. The van der Waals surface area contributed by atoms with E-state index < -0.39 is 5.60 Å². The molecule has 1 atom stereocenters. The van der Waals surface area contributed by atoms with E-state index in [0.29, 0.717) is 0 Å². The van der Waals surface area contributed by atoms with E-state index in [9.17, 15) is 0 Å². The molecule has 0 spiro atoms. The molecule has 0 bridgehead atoms. The first-order valence-corrected chi connectivity index (χ1v) is 8.28. The van der Waals surface area contributed by atoms with Crippen molar-refractivity contribution >= 4 is 0 Å². The highest BCUT2D eigenvalue weighted by Gasteiger charge is 2.41. The van der Waals surface area contributed by atoms with Gasteiger partial charge in [0.15, 0.2) is 11.8 Å². The van der Waals surface area contributed by atoms with E-state index in [1.165, 1.54) is 11.1 Å². The lowest BCUT2D eigenvalue weighted by molar-refractivity contribution is -0.685. The number of ether oxygens (including phenoxy) is 1. The van der Waals surface area contributed by atoms with E-state index in [1.807, 2.05) is 12.1 Å². The Hall–Kier alpha value is -2.45. The van der Waals surface area contributed by atoms with Crippen molar-refractivity contribution in [1.82, 2.24) is 0 Å². The molecule has 0 saturated carbocycles. The van der Waals surface area contributed by atoms with Crippen LogP contribution in [0.25, 0.3) is 0 Å². The van der Waals surface area contributed by atoms with E-state index in [2.05, 4.69) is 85.4 Å². The van der Waals surface area contributed by atoms with E-state index in [0.717, 1.165) is 17.7 Å². The summed E-state index contributed by atoms with van der Waals surface area (Å²) in [6, 6.07) is 25.3. The fourth-order valence-electron chi connectivity index (χ4n) is 3.36. The quantitative estimate of drug-likeness (QED) is 0.649. The van der Waals surface area contributed by atoms with E-state index in [4.69, 9.17) is 4.74 Å². The molecule has 2 heteroatoms. The second-order valence-electron chi connectivity index (χ2n) is 6.20. The fourth-order valence-corrected chi connectivity index (χ4v) is 3.36. The normalized spacial score (nSPS) is 13.5. The summed E-state index contributed by atoms with van der Waals surface area (Å²) >= 11 is 0. The molecule has 2 aromatic carbocycles. The summed E-state index contributed by atoms with van der Waals surface area (Å²) in [6.45, 7) is 2.16. The van der Waals surface area contributed by atoms with Gasteiger partial charge in [0.25, 0.3) is 0 Å². The number of hydrogen-bond acceptors (Lipinski definition) is 1. The molecule has 0 saturated heterocycles. The minimum atomic E-state index is -0.524. The lowest BCUT2D eigenvalue weighted by atomic mass is 9.82. The van der Waals surface area contributed by atoms with Gasteiger partial charge in [-0.05, 0) is 29.7 Å². The molecule has 0 amide bonds. The molecule has 0 aliphatic rings. The van der Waals surface area contributed by atoms with Gasteiger partial charge in [0, 0.05) is 25.7 Å². The molecule has 122 valence electrons. The highest BCUT2D eigenvalue weighted by molar-refractivity contribution is 5.36. The molecule has 0 fully saturated rings. The standard InChI is InChI=1S/C22H24NO/c1-18-11-7-8-12-19(18)17-22(24-3,20-13-5-4-6-14-20)21-15-9-10-16-23(21)2/h4-16H,17H2,1-3H3/q+1. The minimum absolute atomic E-state index is 0.524. The summed E-state index contributed by atoms with van der Waals surface area (Å²) in [5, 5.41) is 0. The molecule has 0 N–H and O–H groups in total. The lowest BCUT2D eigenvalue weighted by Gasteiger charge is -2.31. The Balaban J connectivity index is 2.21. The van der Waals surface area contributed by atoms with Gasteiger partial charge in [0.2, 0.25) is 5.69 Å². The average molecular weight is 318 g/mol. The van der Waals surface area contributed by atoms with Crippen LogP contribution in [0.15, 0.2) is 79.0 Å². The number of rotatable bonds is 5. The van der Waals surface area contributed by atoms with Crippen LogP contribution in [0.1, 0.15) is 22.4 Å². The smallest absolute Gasteiger partial charge is 0.218 e. The number of pyridine rings is 1. The highest BCUT2D eigenvalue weighted by Crippen LogP contribution is 2.35. The largest absolute Gasteiger partial charge is 0.362 e. The van der Waals surface area contributed by atoms with Gasteiger partial charge in [-0.2, -0.15) is 0 Å². The molecule has 2 nitrogen and oxygen atoms in total. The van der Waals surface area contributed by atoms with Crippen LogP contribution in [0, 0.1) is 6.92 Å². The fraction of sp³-hybridized carbons (Fsp3) is 0.227. The third-order valence-electron chi connectivity index (χ3n) is 4.76. The number of hydrogen-bond donors (Lipinski definition) is 0. The first-order chi connectivity index (χ1) is 11.7. The maximum Gasteiger partial charge on any atom is 0.218 e. The minimum Gasteiger partial charge on any atom is -0.362 e. The van der Waals surface area contributed by atoms with Crippen molar-refractivity contribution in [2.75, 3.05) is 7.11 Å². The van der Waals surface area contributed by atoms with Crippen molar-refractivity contribution < 1.29 is 9.30 Å². The van der Waals surface area contributed by atoms with Gasteiger partial charge in [-0.25, -0.2) is 4.57 Å². The molecule has 1 heterocycles. The predicted octanol–water partition coefficient (Wildman–Crippen LogP) is 3.95. The number of aryl methyl sites for hydroxylation is 2. The van der Waals surface area contributed by atoms with Crippen LogP contribution in [-0.2, 0) is 23.8 Å². The molecule has 0 radical (unpaired) electrons. The van der Waals surface area contributed by atoms with Gasteiger partial charge in [-0.15, -0.1) is 0 Å². The number of aromatic nitrogens is 1. The van der Waals surface area contributed by atoms with E-state index in [1.54, 1.807) is 7.11 Å². The molecule has 1 unspecified atom stereocenters. The zero-order valence-corrected chi connectivity index (χ0v) is 14.6. The van der Waals surface area contributed by atoms with Crippen molar-refractivity contribution in [2.24, 2.45) is 7.05 Å². The molecule has 0 aliphatic heterocycles. The number of nitrogens with zero attached hydrogens (tertiary/aromatic N) is 1. The van der Waals surface area contributed by atoms with Gasteiger partial charge < -0.3 is 4.74 Å². The van der Waals surface area contributed by atoms with E-state index in [-0.39, 0.29) is 0 Å². The Morgan fingerprint density at radius 1 is 0.875 bits per heavy atom. The number of benzene rings is 2. The summed E-state index contributed by atoms with van der Waals surface area (Å²) in [4.78, 5) is 0. The Kier molecular flexibility index (Phi) is 4.77. The van der Waals surface area contributed by atoms with Crippen LogP contribution in [0.5, 0.6) is 0 Å². The van der Waals surface area contributed by atoms with Crippen LogP contribution >= 0.6 is 0 Å². The Morgan fingerprint density at radius 2 is 1.54 bits per heavy atom. The third kappa shape index (κ3) is 2.98. The maximum absolute atomic E-state index is 6.23. The Bertz CT molecular complexity index is 813. The summed E-state index contributed by atoms with van der Waals surface area (Å²) < 4.78 is 8.38. The summed E-state index contributed by atoms with van der Waals surface area (Å²) in [5.41, 5.74) is 4.36. The Morgan fingerprint density at radius 3 is 2.21 bits per heavy atom. The topological polar surface area (TPSA) is 13.1 Å². The first-order valence-electron chi connectivity index (χ1n) is 8.28.